The Morgan fingerprint density at radius 2 is 2.12 bits per heavy atom. The largest absolute Gasteiger partial charge is 0.293 e. The maximum Gasteiger partial charge on any atom is 0.177 e. The molecular weight excluding hydrogens is 212 g/mol. The van der Waals surface area contributed by atoms with Gasteiger partial charge in [0, 0.05) is 18.9 Å². The molecule has 94 valence electrons. The lowest BCUT2D eigenvalue weighted by molar-refractivity contribution is 0.1000. The Bertz CT molecular complexity index is 422. The molecule has 2 rings (SSSR count). The smallest absolute Gasteiger partial charge is 0.177 e. The van der Waals surface area contributed by atoms with Crippen LogP contribution in [0.3, 0.4) is 0 Å². The quantitative estimate of drug-likeness (QED) is 0.753. The molecule has 0 bridgehead atoms. The normalized spacial score (nSPS) is 16.9. The van der Waals surface area contributed by atoms with Crippen molar-refractivity contribution in [1.29, 1.82) is 0 Å². The molecule has 1 heterocycles. The molecule has 0 radical (unpaired) electrons. The third-order valence-corrected chi connectivity index (χ3v) is 3.56. The average Bonchev–Trinajstić information content (AvgIpc) is 2.54. The van der Waals surface area contributed by atoms with E-state index in [0.29, 0.717) is 0 Å². The van der Waals surface area contributed by atoms with Crippen LogP contribution in [0.5, 0.6) is 0 Å². The first kappa shape index (κ1) is 12.3. The van der Waals surface area contributed by atoms with Crippen LogP contribution < -0.4 is 0 Å². The predicted octanol–water partition coefficient (Wildman–Crippen LogP) is 3.18. The molecule has 1 saturated carbocycles. The number of rotatable bonds is 3. The van der Waals surface area contributed by atoms with Gasteiger partial charge in [0.1, 0.15) is 5.69 Å². The molecule has 1 aliphatic carbocycles. The second-order valence-corrected chi connectivity index (χ2v) is 6.20. The third-order valence-electron chi connectivity index (χ3n) is 3.56. The number of hydrogen-bond donors (Lipinski definition) is 0. The van der Waals surface area contributed by atoms with E-state index in [1.165, 1.54) is 19.3 Å². The Morgan fingerprint density at radius 3 is 2.53 bits per heavy atom. The van der Waals surface area contributed by atoms with Crippen molar-refractivity contribution in [1.82, 2.24) is 9.78 Å². The van der Waals surface area contributed by atoms with Gasteiger partial charge in [-0.3, -0.25) is 9.48 Å². The summed E-state index contributed by atoms with van der Waals surface area (Å²) < 4.78 is 1.92. The Labute approximate surface area is 103 Å². The number of hydrogen-bond acceptors (Lipinski definition) is 2. The Kier molecular flexibility index (Phi) is 3.11. The fraction of sp³-hybridized carbons (Fsp3) is 0.714. The zero-order valence-corrected chi connectivity index (χ0v) is 11.3. The summed E-state index contributed by atoms with van der Waals surface area (Å²) in [6, 6.07) is 1.96. The molecule has 0 N–H and O–H groups in total. The average molecular weight is 234 g/mol. The van der Waals surface area contributed by atoms with Gasteiger partial charge in [0.15, 0.2) is 5.78 Å². The van der Waals surface area contributed by atoms with Gasteiger partial charge in [0.25, 0.3) is 0 Å². The fourth-order valence-electron chi connectivity index (χ4n) is 2.13. The monoisotopic (exact) mass is 234 g/mol. The highest BCUT2D eigenvalue weighted by atomic mass is 16.1. The van der Waals surface area contributed by atoms with E-state index in [-0.39, 0.29) is 11.2 Å². The molecule has 0 aromatic carbocycles. The van der Waals surface area contributed by atoms with Gasteiger partial charge in [-0.05, 0) is 24.8 Å². The molecule has 0 saturated heterocycles. The highest BCUT2D eigenvalue weighted by molar-refractivity contribution is 5.92. The first-order valence-electron chi connectivity index (χ1n) is 6.47. The van der Waals surface area contributed by atoms with Crippen molar-refractivity contribution >= 4 is 5.78 Å². The van der Waals surface area contributed by atoms with Gasteiger partial charge < -0.3 is 0 Å². The molecular formula is C14H22N2O. The van der Waals surface area contributed by atoms with Crippen molar-refractivity contribution in [3.8, 4) is 0 Å². The van der Waals surface area contributed by atoms with Gasteiger partial charge >= 0.3 is 0 Å². The Morgan fingerprint density at radius 1 is 1.47 bits per heavy atom. The Balaban J connectivity index is 2.28. The summed E-state index contributed by atoms with van der Waals surface area (Å²) in [6.07, 6.45) is 3.89. The minimum absolute atomic E-state index is 0.00899. The molecule has 3 nitrogen and oxygen atoms in total. The van der Waals surface area contributed by atoms with Gasteiger partial charge in [-0.25, -0.2) is 0 Å². The minimum Gasteiger partial charge on any atom is -0.293 e. The summed E-state index contributed by atoms with van der Waals surface area (Å²) in [5.74, 6) is 0.841. The maximum atomic E-state index is 11.6. The van der Waals surface area contributed by atoms with E-state index >= 15 is 0 Å². The number of carbonyl (C=O) groups excluding carboxylic acids is 1. The topological polar surface area (TPSA) is 34.9 Å². The van der Waals surface area contributed by atoms with Gasteiger partial charge in [-0.2, -0.15) is 5.10 Å². The number of Topliss-reactive ketones (excluding diaryl/α,β-unsaturated/α-hetero) is 1. The van der Waals surface area contributed by atoms with E-state index < -0.39 is 0 Å². The van der Waals surface area contributed by atoms with E-state index in [1.54, 1.807) is 6.92 Å². The standard InChI is InChI=1S/C14H22N2O/c1-10(17)12-8-13(14(2,3)4)15-16(12)9-11-6-5-7-11/h8,11H,5-7,9H2,1-4H3. The highest BCUT2D eigenvalue weighted by Gasteiger charge is 2.24. The molecule has 0 spiro atoms. The van der Waals surface area contributed by atoms with Crippen LogP contribution in [0, 0.1) is 5.92 Å². The molecule has 0 amide bonds. The van der Waals surface area contributed by atoms with E-state index in [4.69, 9.17) is 0 Å². The first-order chi connectivity index (χ1) is 7.88. The fourth-order valence-corrected chi connectivity index (χ4v) is 2.13. The summed E-state index contributed by atoms with van der Waals surface area (Å²) in [5.41, 5.74) is 1.79. The lowest BCUT2D eigenvalue weighted by Gasteiger charge is -2.25. The highest BCUT2D eigenvalue weighted by Crippen LogP contribution is 2.29. The molecule has 3 heteroatoms. The van der Waals surface area contributed by atoms with Gasteiger partial charge in [-0.15, -0.1) is 0 Å². The van der Waals surface area contributed by atoms with Crippen LogP contribution in [0.4, 0.5) is 0 Å². The van der Waals surface area contributed by atoms with Crippen molar-refractivity contribution in [3.05, 3.63) is 17.5 Å². The lowest BCUT2D eigenvalue weighted by atomic mass is 9.85. The SMILES string of the molecule is CC(=O)c1cc(C(C)(C)C)nn1CC1CCC1. The number of nitrogens with zero attached hydrogens (tertiary/aromatic N) is 2. The number of aromatic nitrogens is 2. The maximum absolute atomic E-state index is 11.6. The van der Waals surface area contributed by atoms with E-state index in [2.05, 4.69) is 25.9 Å². The van der Waals surface area contributed by atoms with Crippen LogP contribution in [0.1, 0.15) is 63.1 Å². The zero-order chi connectivity index (χ0) is 12.6. The molecule has 1 aromatic heterocycles. The summed E-state index contributed by atoms with van der Waals surface area (Å²) in [7, 11) is 0. The molecule has 1 aliphatic rings. The molecule has 0 aliphatic heterocycles. The van der Waals surface area contributed by atoms with E-state index in [9.17, 15) is 4.79 Å². The van der Waals surface area contributed by atoms with Crippen molar-refractivity contribution < 1.29 is 4.79 Å². The van der Waals surface area contributed by atoms with Crippen LogP contribution in [-0.4, -0.2) is 15.6 Å². The number of carbonyl (C=O) groups is 1. The first-order valence-corrected chi connectivity index (χ1v) is 6.47. The van der Waals surface area contributed by atoms with Crippen molar-refractivity contribution in [2.75, 3.05) is 0 Å². The van der Waals surface area contributed by atoms with Gasteiger partial charge in [0.2, 0.25) is 0 Å². The van der Waals surface area contributed by atoms with Crippen molar-refractivity contribution in [2.24, 2.45) is 5.92 Å². The van der Waals surface area contributed by atoms with Crippen LogP contribution in [0.25, 0.3) is 0 Å². The van der Waals surface area contributed by atoms with Crippen LogP contribution >= 0.6 is 0 Å². The summed E-state index contributed by atoms with van der Waals surface area (Å²) >= 11 is 0. The van der Waals surface area contributed by atoms with Crippen LogP contribution in [0.2, 0.25) is 0 Å². The van der Waals surface area contributed by atoms with E-state index in [0.717, 1.165) is 23.9 Å². The summed E-state index contributed by atoms with van der Waals surface area (Å²) in [5, 5.41) is 4.62. The molecule has 0 unspecified atom stereocenters. The molecule has 0 atom stereocenters. The Hall–Kier alpha value is -1.12. The van der Waals surface area contributed by atoms with Gasteiger partial charge in [-0.1, -0.05) is 27.2 Å². The summed E-state index contributed by atoms with van der Waals surface area (Å²) in [6.45, 7) is 8.93. The molecule has 1 aromatic rings. The van der Waals surface area contributed by atoms with Crippen LogP contribution in [0.15, 0.2) is 6.07 Å². The van der Waals surface area contributed by atoms with Crippen molar-refractivity contribution in [3.63, 3.8) is 0 Å². The minimum atomic E-state index is 0.00899. The zero-order valence-electron chi connectivity index (χ0n) is 11.3. The second kappa shape index (κ2) is 4.28. The predicted molar refractivity (Wildman–Crippen MR) is 68.3 cm³/mol. The molecule has 17 heavy (non-hydrogen) atoms. The molecule has 1 fully saturated rings. The number of ketones is 1. The lowest BCUT2D eigenvalue weighted by Crippen LogP contribution is -2.21. The summed E-state index contributed by atoms with van der Waals surface area (Å²) in [4.78, 5) is 11.6. The van der Waals surface area contributed by atoms with E-state index in [1.807, 2.05) is 10.7 Å². The van der Waals surface area contributed by atoms with Gasteiger partial charge in [0.05, 0.1) is 5.69 Å². The van der Waals surface area contributed by atoms with Crippen molar-refractivity contribution in [2.45, 2.75) is 58.9 Å². The van der Waals surface area contributed by atoms with Crippen LogP contribution in [-0.2, 0) is 12.0 Å². The third kappa shape index (κ3) is 2.59. The second-order valence-electron chi connectivity index (χ2n) is 6.20.